The predicted octanol–water partition coefficient (Wildman–Crippen LogP) is 4.23. The second-order valence-electron chi connectivity index (χ2n) is 6.86. The van der Waals surface area contributed by atoms with E-state index in [1.54, 1.807) is 31.2 Å². The Kier molecular flexibility index (Phi) is 6.22. The van der Waals surface area contributed by atoms with E-state index in [0.29, 0.717) is 16.9 Å². The van der Waals surface area contributed by atoms with Gasteiger partial charge in [-0.2, -0.15) is 0 Å². The number of halogens is 1. The molecule has 142 valence electrons. The van der Waals surface area contributed by atoms with Crippen LogP contribution in [0.1, 0.15) is 48.5 Å². The number of amides is 1. The molecule has 0 unspecified atom stereocenters. The predicted molar refractivity (Wildman–Crippen MR) is 101 cm³/mol. The first-order valence-corrected chi connectivity index (χ1v) is 9.40. The van der Waals surface area contributed by atoms with Crippen molar-refractivity contribution in [2.45, 2.75) is 38.7 Å². The van der Waals surface area contributed by atoms with Crippen LogP contribution in [0, 0.1) is 5.82 Å². The van der Waals surface area contributed by atoms with Crippen molar-refractivity contribution >= 4 is 11.7 Å². The summed E-state index contributed by atoms with van der Waals surface area (Å²) in [6.07, 6.45) is 3.85. The van der Waals surface area contributed by atoms with E-state index >= 15 is 0 Å². The van der Waals surface area contributed by atoms with Crippen molar-refractivity contribution in [3.8, 4) is 5.75 Å². The summed E-state index contributed by atoms with van der Waals surface area (Å²) in [5.74, 6) is -0.0155. The first-order chi connectivity index (χ1) is 13.0. The van der Waals surface area contributed by atoms with Gasteiger partial charge in [0.1, 0.15) is 11.6 Å². The zero-order valence-corrected chi connectivity index (χ0v) is 15.5. The third-order valence-electron chi connectivity index (χ3n) is 4.80. The average Bonchev–Trinajstić information content (AvgIpc) is 2.97. The summed E-state index contributed by atoms with van der Waals surface area (Å²) in [6.45, 7) is 3.33. The van der Waals surface area contributed by atoms with Crippen LogP contribution in [0.3, 0.4) is 0 Å². The fraction of sp³-hybridized carbons (Fsp3) is 0.364. The van der Waals surface area contributed by atoms with Gasteiger partial charge in [0.05, 0.1) is 0 Å². The van der Waals surface area contributed by atoms with Crippen LogP contribution in [0.15, 0.2) is 48.5 Å². The van der Waals surface area contributed by atoms with Gasteiger partial charge in [-0.1, -0.05) is 12.8 Å². The molecule has 27 heavy (non-hydrogen) atoms. The van der Waals surface area contributed by atoms with Crippen molar-refractivity contribution in [3.05, 3.63) is 65.5 Å². The summed E-state index contributed by atoms with van der Waals surface area (Å²) < 4.78 is 18.8. The molecule has 3 rings (SSSR count). The molecule has 0 bridgehead atoms. The van der Waals surface area contributed by atoms with E-state index in [9.17, 15) is 14.0 Å². The number of carbonyl (C=O) groups is 2. The highest BCUT2D eigenvalue weighted by atomic mass is 19.1. The standard InChI is InChI=1S/C22H24FNO3/c1-16(22(26)24-14-4-2-3-5-15-24)27-20-12-8-18(9-13-20)21(25)17-6-10-19(23)11-7-17/h6-13,16H,2-5,14-15H2,1H3/t16-/m1/s1. The van der Waals surface area contributed by atoms with Gasteiger partial charge >= 0.3 is 0 Å². The lowest BCUT2D eigenvalue weighted by atomic mass is 10.0. The van der Waals surface area contributed by atoms with Crippen molar-refractivity contribution < 1.29 is 18.7 Å². The van der Waals surface area contributed by atoms with E-state index in [1.165, 1.54) is 37.1 Å². The topological polar surface area (TPSA) is 46.6 Å². The van der Waals surface area contributed by atoms with Gasteiger partial charge in [0.2, 0.25) is 0 Å². The van der Waals surface area contributed by atoms with Crippen LogP contribution in [0.4, 0.5) is 4.39 Å². The van der Waals surface area contributed by atoms with Crippen molar-refractivity contribution in [2.24, 2.45) is 0 Å². The highest BCUT2D eigenvalue weighted by Gasteiger charge is 2.22. The molecular weight excluding hydrogens is 345 g/mol. The number of hydrogen-bond acceptors (Lipinski definition) is 3. The van der Waals surface area contributed by atoms with Crippen molar-refractivity contribution in [2.75, 3.05) is 13.1 Å². The van der Waals surface area contributed by atoms with Gasteiger partial charge in [0.15, 0.2) is 11.9 Å². The number of ketones is 1. The minimum atomic E-state index is -0.568. The maximum Gasteiger partial charge on any atom is 0.263 e. The molecule has 1 aliphatic heterocycles. The molecule has 1 fully saturated rings. The van der Waals surface area contributed by atoms with Crippen LogP contribution < -0.4 is 4.74 Å². The van der Waals surface area contributed by atoms with E-state index in [1.807, 2.05) is 4.90 Å². The van der Waals surface area contributed by atoms with Gasteiger partial charge in [-0.25, -0.2) is 4.39 Å². The summed E-state index contributed by atoms with van der Waals surface area (Å²) in [4.78, 5) is 26.9. The largest absolute Gasteiger partial charge is 0.481 e. The Hall–Kier alpha value is -2.69. The number of rotatable bonds is 5. The summed E-state index contributed by atoms with van der Waals surface area (Å²) in [5.41, 5.74) is 0.912. The van der Waals surface area contributed by atoms with Crippen molar-refractivity contribution in [1.29, 1.82) is 0 Å². The van der Waals surface area contributed by atoms with Crippen molar-refractivity contribution in [1.82, 2.24) is 4.90 Å². The lowest BCUT2D eigenvalue weighted by Crippen LogP contribution is -2.40. The number of nitrogens with zero attached hydrogens (tertiary/aromatic N) is 1. The quantitative estimate of drug-likeness (QED) is 0.741. The molecule has 4 nitrogen and oxygen atoms in total. The van der Waals surface area contributed by atoms with E-state index in [0.717, 1.165) is 25.9 Å². The highest BCUT2D eigenvalue weighted by molar-refractivity contribution is 6.09. The fourth-order valence-corrected chi connectivity index (χ4v) is 3.26. The molecule has 0 aromatic heterocycles. The second kappa shape index (κ2) is 8.80. The first-order valence-electron chi connectivity index (χ1n) is 9.40. The molecule has 2 aromatic rings. The van der Waals surface area contributed by atoms with Crippen LogP contribution in [-0.2, 0) is 4.79 Å². The molecule has 0 radical (unpaired) electrons. The van der Waals surface area contributed by atoms with Gasteiger partial charge < -0.3 is 9.64 Å². The molecular formula is C22H24FNO3. The Morgan fingerprint density at radius 1 is 0.889 bits per heavy atom. The van der Waals surface area contributed by atoms with Crippen LogP contribution in [0.2, 0.25) is 0 Å². The third-order valence-corrected chi connectivity index (χ3v) is 4.80. The molecule has 0 spiro atoms. The monoisotopic (exact) mass is 369 g/mol. The number of carbonyl (C=O) groups excluding carboxylic acids is 2. The molecule has 0 aliphatic carbocycles. The Morgan fingerprint density at radius 3 is 1.96 bits per heavy atom. The summed E-state index contributed by atoms with van der Waals surface area (Å²) >= 11 is 0. The lowest BCUT2D eigenvalue weighted by molar-refractivity contribution is -0.137. The molecule has 0 N–H and O–H groups in total. The Labute approximate surface area is 158 Å². The Bertz CT molecular complexity index is 778. The minimum Gasteiger partial charge on any atom is -0.481 e. The maximum absolute atomic E-state index is 13.0. The zero-order chi connectivity index (χ0) is 19.2. The normalized spacial score (nSPS) is 15.7. The van der Waals surface area contributed by atoms with Crippen molar-refractivity contribution in [3.63, 3.8) is 0 Å². The lowest BCUT2D eigenvalue weighted by Gasteiger charge is -2.24. The third kappa shape index (κ3) is 4.94. The number of ether oxygens (including phenoxy) is 1. The Morgan fingerprint density at radius 2 is 1.41 bits per heavy atom. The van der Waals surface area contributed by atoms with E-state index in [-0.39, 0.29) is 17.5 Å². The van der Waals surface area contributed by atoms with Gasteiger partial charge in [0.25, 0.3) is 5.91 Å². The SMILES string of the molecule is C[C@@H](Oc1ccc(C(=O)c2ccc(F)cc2)cc1)C(=O)N1CCCCCC1. The van der Waals surface area contributed by atoms with Gasteiger partial charge in [-0.05, 0) is 68.3 Å². The molecule has 1 heterocycles. The van der Waals surface area contributed by atoms with E-state index in [2.05, 4.69) is 0 Å². The van der Waals surface area contributed by atoms with Crippen LogP contribution in [0.5, 0.6) is 5.75 Å². The van der Waals surface area contributed by atoms with Crippen LogP contribution in [-0.4, -0.2) is 35.8 Å². The minimum absolute atomic E-state index is 0.00312. The first kappa shape index (κ1) is 19.1. The maximum atomic E-state index is 13.0. The molecule has 1 aliphatic rings. The molecule has 1 saturated heterocycles. The molecule has 1 atom stereocenters. The molecule has 0 saturated carbocycles. The second-order valence-corrected chi connectivity index (χ2v) is 6.86. The van der Waals surface area contributed by atoms with Crippen LogP contribution in [0.25, 0.3) is 0 Å². The molecule has 1 amide bonds. The fourth-order valence-electron chi connectivity index (χ4n) is 3.26. The number of benzene rings is 2. The van der Waals surface area contributed by atoms with Gasteiger partial charge in [-0.15, -0.1) is 0 Å². The van der Waals surface area contributed by atoms with Gasteiger partial charge in [0, 0.05) is 24.2 Å². The number of likely N-dealkylation sites (tertiary alicyclic amines) is 1. The number of hydrogen-bond donors (Lipinski definition) is 0. The molecule has 2 aromatic carbocycles. The average molecular weight is 369 g/mol. The summed E-state index contributed by atoms with van der Waals surface area (Å²) in [5, 5.41) is 0. The molecule has 5 heteroatoms. The van der Waals surface area contributed by atoms with E-state index < -0.39 is 6.10 Å². The highest BCUT2D eigenvalue weighted by Crippen LogP contribution is 2.18. The Balaban J connectivity index is 1.62. The van der Waals surface area contributed by atoms with E-state index in [4.69, 9.17) is 4.74 Å². The van der Waals surface area contributed by atoms with Crippen LogP contribution >= 0.6 is 0 Å². The smallest absolute Gasteiger partial charge is 0.263 e. The van der Waals surface area contributed by atoms with Gasteiger partial charge in [-0.3, -0.25) is 9.59 Å². The summed E-state index contributed by atoms with van der Waals surface area (Å²) in [7, 11) is 0. The zero-order valence-electron chi connectivity index (χ0n) is 15.5. The summed E-state index contributed by atoms with van der Waals surface area (Å²) in [6, 6.07) is 12.1.